The molecule has 7 nitrogen and oxygen atoms in total. The molecular formula is C9H7N5O2. The Morgan fingerprint density at radius 3 is 2.81 bits per heavy atom. The summed E-state index contributed by atoms with van der Waals surface area (Å²) in [5.41, 5.74) is 0.707. The maximum Gasteiger partial charge on any atom is 0.266 e. The smallest absolute Gasteiger partial charge is 0.266 e. The Morgan fingerprint density at radius 1 is 1.31 bits per heavy atom. The van der Waals surface area contributed by atoms with Crippen LogP contribution in [-0.2, 0) is 0 Å². The van der Waals surface area contributed by atoms with Gasteiger partial charge >= 0.3 is 0 Å². The van der Waals surface area contributed by atoms with Crippen molar-refractivity contribution in [2.24, 2.45) is 0 Å². The first-order valence-electron chi connectivity index (χ1n) is 4.61. The molecule has 0 radical (unpaired) electrons. The van der Waals surface area contributed by atoms with Crippen LogP contribution in [0.1, 0.15) is 0 Å². The quantitative estimate of drug-likeness (QED) is 0.432. The Morgan fingerprint density at radius 2 is 2.12 bits per heavy atom. The molecule has 80 valence electrons. The first kappa shape index (κ1) is 8.72. The van der Waals surface area contributed by atoms with E-state index in [4.69, 9.17) is 0 Å². The largest absolute Gasteiger partial charge is 0.692 e. The highest BCUT2D eigenvalue weighted by Gasteiger charge is 2.16. The predicted octanol–water partition coefficient (Wildman–Crippen LogP) is -0.325. The molecule has 0 amide bonds. The third-order valence-corrected chi connectivity index (χ3v) is 2.26. The van der Waals surface area contributed by atoms with E-state index in [1.54, 1.807) is 24.3 Å². The van der Waals surface area contributed by atoms with Crippen LogP contribution in [0.5, 0.6) is 0 Å². The van der Waals surface area contributed by atoms with Crippen LogP contribution in [-0.4, -0.2) is 20.1 Å². The van der Waals surface area contributed by atoms with Gasteiger partial charge in [-0.3, -0.25) is 15.0 Å². The Kier molecular flexibility index (Phi) is 1.61. The van der Waals surface area contributed by atoms with Gasteiger partial charge in [0.1, 0.15) is 0 Å². The molecule has 3 rings (SSSR count). The first-order valence-corrected chi connectivity index (χ1v) is 4.61. The molecule has 2 heterocycles. The summed E-state index contributed by atoms with van der Waals surface area (Å²) in [7, 11) is 0. The molecule has 0 bridgehead atoms. The van der Waals surface area contributed by atoms with Gasteiger partial charge in [0, 0.05) is 4.80 Å². The molecule has 7 heteroatoms. The van der Waals surface area contributed by atoms with Crippen LogP contribution in [0.3, 0.4) is 0 Å². The van der Waals surface area contributed by atoms with Gasteiger partial charge in [-0.05, 0) is 12.1 Å². The zero-order valence-corrected chi connectivity index (χ0v) is 8.04. The molecule has 0 saturated heterocycles. The van der Waals surface area contributed by atoms with Crippen molar-refractivity contribution in [1.82, 2.24) is 20.1 Å². The normalized spacial score (nSPS) is 11.0. The molecule has 16 heavy (non-hydrogen) atoms. The number of H-pyrrole nitrogens is 2. The lowest BCUT2D eigenvalue weighted by Gasteiger charge is -2.00. The number of fused-ring (bicyclic) bond motifs is 1. The summed E-state index contributed by atoms with van der Waals surface area (Å²) in [6, 6.07) is 8.20. The van der Waals surface area contributed by atoms with E-state index in [0.717, 1.165) is 4.80 Å². The molecule has 0 aliphatic carbocycles. The van der Waals surface area contributed by atoms with E-state index < -0.39 is 0 Å². The lowest BCUT2D eigenvalue weighted by molar-refractivity contribution is -0.665. The molecule has 3 aromatic rings. The third kappa shape index (κ3) is 1.11. The SMILES string of the molecule is O=c1cc(-n2nc3ccccc3[n+]2[O-])[nH][nH]1. The summed E-state index contributed by atoms with van der Waals surface area (Å²) >= 11 is 0. The number of nitrogens with zero attached hydrogens (tertiary/aromatic N) is 3. The molecule has 0 unspecified atom stereocenters. The molecule has 0 fully saturated rings. The molecular weight excluding hydrogens is 210 g/mol. The van der Waals surface area contributed by atoms with E-state index >= 15 is 0 Å². The fourth-order valence-corrected chi connectivity index (χ4v) is 1.54. The topological polar surface area (TPSA) is 93.4 Å². The molecule has 2 N–H and O–H groups in total. The Hall–Kier alpha value is -2.57. The Labute approximate surface area is 88.5 Å². The number of hydrogen-bond donors (Lipinski definition) is 2. The second-order valence-electron chi connectivity index (χ2n) is 3.29. The van der Waals surface area contributed by atoms with Crippen LogP contribution in [0.4, 0.5) is 0 Å². The fourth-order valence-electron chi connectivity index (χ4n) is 1.54. The molecule has 0 aliphatic heterocycles. The zero-order chi connectivity index (χ0) is 11.1. The van der Waals surface area contributed by atoms with Gasteiger partial charge in [-0.1, -0.05) is 12.1 Å². The van der Waals surface area contributed by atoms with Crippen molar-refractivity contribution < 1.29 is 4.85 Å². The molecule has 0 atom stereocenters. The van der Waals surface area contributed by atoms with E-state index in [1.165, 1.54) is 6.07 Å². The minimum absolute atomic E-state index is 0.302. The van der Waals surface area contributed by atoms with Gasteiger partial charge in [0.25, 0.3) is 5.56 Å². The van der Waals surface area contributed by atoms with Gasteiger partial charge in [-0.15, -0.1) is 4.85 Å². The third-order valence-electron chi connectivity index (χ3n) is 2.26. The van der Waals surface area contributed by atoms with Crippen molar-refractivity contribution >= 4 is 11.0 Å². The van der Waals surface area contributed by atoms with Crippen molar-refractivity contribution in [3.63, 3.8) is 0 Å². The van der Waals surface area contributed by atoms with Crippen molar-refractivity contribution in [3.05, 3.63) is 45.9 Å². The van der Waals surface area contributed by atoms with Crippen molar-refractivity contribution in [2.75, 3.05) is 0 Å². The highest BCUT2D eigenvalue weighted by atomic mass is 16.5. The van der Waals surface area contributed by atoms with Gasteiger partial charge in [0.2, 0.25) is 16.9 Å². The van der Waals surface area contributed by atoms with Gasteiger partial charge in [0.05, 0.1) is 11.2 Å². The van der Waals surface area contributed by atoms with Gasteiger partial charge in [-0.2, -0.15) is 0 Å². The number of para-hydroxylation sites is 1. The molecule has 2 aromatic heterocycles. The van der Waals surface area contributed by atoms with Crippen molar-refractivity contribution in [2.45, 2.75) is 0 Å². The summed E-state index contributed by atoms with van der Waals surface area (Å²) < 4.78 is 0. The number of benzene rings is 1. The predicted molar refractivity (Wildman–Crippen MR) is 55.0 cm³/mol. The number of nitrogens with one attached hydrogen (secondary N) is 2. The van der Waals surface area contributed by atoms with Crippen LogP contribution < -0.4 is 10.4 Å². The lowest BCUT2D eigenvalue weighted by Crippen LogP contribution is -2.37. The van der Waals surface area contributed by atoms with Crippen LogP contribution in [0.15, 0.2) is 35.1 Å². The Balaban J connectivity index is 2.32. The second-order valence-corrected chi connectivity index (χ2v) is 3.29. The number of hydrogen-bond acceptors (Lipinski definition) is 3. The minimum atomic E-state index is -0.311. The van der Waals surface area contributed by atoms with Crippen molar-refractivity contribution in [3.8, 4) is 5.82 Å². The maximum absolute atomic E-state index is 11.8. The number of rotatable bonds is 1. The van der Waals surface area contributed by atoms with Crippen LogP contribution in [0, 0.1) is 5.21 Å². The number of aromatic nitrogens is 5. The second kappa shape index (κ2) is 2.96. The standard InChI is InChI=1S/C9H7N5O2/c15-9-5-8(10-11-9)13-12-6-3-1-2-4-7(6)14(13)16/h1-5H,(H2,10,11,15). The minimum Gasteiger partial charge on any atom is -0.692 e. The van der Waals surface area contributed by atoms with E-state index in [2.05, 4.69) is 15.3 Å². The first-order chi connectivity index (χ1) is 7.75. The average molecular weight is 217 g/mol. The maximum atomic E-state index is 11.8. The van der Waals surface area contributed by atoms with Crippen LogP contribution in [0.2, 0.25) is 0 Å². The summed E-state index contributed by atoms with van der Waals surface area (Å²) in [6.07, 6.45) is 0. The monoisotopic (exact) mass is 217 g/mol. The highest BCUT2D eigenvalue weighted by molar-refractivity contribution is 5.70. The van der Waals surface area contributed by atoms with Crippen LogP contribution >= 0.6 is 0 Å². The van der Waals surface area contributed by atoms with Gasteiger partial charge in [-0.25, -0.2) is 0 Å². The zero-order valence-electron chi connectivity index (χ0n) is 8.04. The molecule has 0 aliphatic rings. The van der Waals surface area contributed by atoms with Crippen LogP contribution in [0.25, 0.3) is 16.9 Å². The Bertz CT molecular complexity index is 708. The number of aromatic amines is 2. The summed E-state index contributed by atoms with van der Waals surface area (Å²) in [4.78, 5) is 12.7. The highest BCUT2D eigenvalue weighted by Crippen LogP contribution is 2.07. The molecule has 1 aromatic carbocycles. The summed E-state index contributed by atoms with van der Waals surface area (Å²) in [6.45, 7) is 0. The molecule has 0 saturated carbocycles. The van der Waals surface area contributed by atoms with E-state index in [0.29, 0.717) is 21.7 Å². The van der Waals surface area contributed by atoms with E-state index in [1.807, 2.05) is 0 Å². The molecule has 0 spiro atoms. The average Bonchev–Trinajstić information content (AvgIpc) is 2.84. The van der Waals surface area contributed by atoms with E-state index in [9.17, 15) is 10.0 Å². The van der Waals surface area contributed by atoms with Gasteiger partial charge in [0.15, 0.2) is 0 Å². The fraction of sp³-hybridized carbons (Fsp3) is 0. The summed E-state index contributed by atoms with van der Waals surface area (Å²) in [5.74, 6) is 0.302. The lowest BCUT2D eigenvalue weighted by atomic mass is 10.3. The van der Waals surface area contributed by atoms with Gasteiger partial charge < -0.3 is 5.21 Å². The van der Waals surface area contributed by atoms with Crippen molar-refractivity contribution in [1.29, 1.82) is 0 Å². The summed E-state index contributed by atoms with van der Waals surface area (Å²) in [5, 5.41) is 20.8. The van der Waals surface area contributed by atoms with E-state index in [-0.39, 0.29) is 5.56 Å².